The number of hydrogen-bond acceptors (Lipinski definition) is 4. The van der Waals surface area contributed by atoms with Crippen molar-refractivity contribution >= 4 is 34.3 Å². The van der Waals surface area contributed by atoms with Crippen molar-refractivity contribution in [1.82, 2.24) is 4.90 Å². The second-order valence-corrected chi connectivity index (χ2v) is 5.98. The van der Waals surface area contributed by atoms with E-state index >= 15 is 0 Å². The number of phenols is 1. The second kappa shape index (κ2) is 5.77. The highest BCUT2D eigenvalue weighted by molar-refractivity contribution is 8.00. The highest BCUT2D eigenvalue weighted by Gasteiger charge is 2.26. The molecule has 1 heterocycles. The first-order chi connectivity index (χ1) is 10.2. The Balaban J connectivity index is 1.78. The Morgan fingerprint density at radius 1 is 1.19 bits per heavy atom. The summed E-state index contributed by atoms with van der Waals surface area (Å²) in [7, 11) is 0. The molecule has 2 amide bonds. The zero-order valence-electron chi connectivity index (χ0n) is 11.4. The van der Waals surface area contributed by atoms with Gasteiger partial charge in [-0.2, -0.15) is 0 Å². The number of fused-ring (bicyclic) bond motifs is 1. The van der Waals surface area contributed by atoms with Crippen LogP contribution in [-0.2, 0) is 9.59 Å². The minimum absolute atomic E-state index is 0.0730. The van der Waals surface area contributed by atoms with Crippen LogP contribution in [0.25, 0.3) is 10.8 Å². The lowest BCUT2D eigenvalue weighted by Gasteiger charge is -2.13. The molecule has 0 saturated carbocycles. The molecule has 1 aliphatic heterocycles. The van der Waals surface area contributed by atoms with Gasteiger partial charge < -0.3 is 5.11 Å². The van der Waals surface area contributed by atoms with E-state index in [2.05, 4.69) is 0 Å². The molecule has 1 aliphatic rings. The van der Waals surface area contributed by atoms with Crippen LogP contribution in [0, 0.1) is 0 Å². The number of imide groups is 1. The first kappa shape index (κ1) is 13.9. The van der Waals surface area contributed by atoms with Gasteiger partial charge in [0.15, 0.2) is 0 Å². The Kier molecular flexibility index (Phi) is 3.84. The monoisotopic (exact) mass is 301 g/mol. The average Bonchev–Trinajstić information content (AvgIpc) is 2.93. The fraction of sp³-hybridized carbons (Fsp3) is 0.250. The summed E-state index contributed by atoms with van der Waals surface area (Å²) in [5.74, 6) is 0.257. The molecular weight excluding hydrogens is 286 g/mol. The number of benzene rings is 2. The summed E-state index contributed by atoms with van der Waals surface area (Å²) in [5, 5.41) is 11.5. The number of amides is 2. The van der Waals surface area contributed by atoms with Crippen molar-refractivity contribution in [1.29, 1.82) is 0 Å². The van der Waals surface area contributed by atoms with Crippen LogP contribution >= 0.6 is 11.8 Å². The van der Waals surface area contributed by atoms with Gasteiger partial charge in [0.2, 0.25) is 11.8 Å². The maximum absolute atomic E-state index is 12.1. The number of carbonyl (C=O) groups is 2. The summed E-state index contributed by atoms with van der Waals surface area (Å²) in [4.78, 5) is 25.9. The third kappa shape index (κ3) is 2.74. The Morgan fingerprint density at radius 3 is 2.67 bits per heavy atom. The maximum Gasteiger partial charge on any atom is 0.239 e. The number of carbonyl (C=O) groups excluding carboxylic acids is 2. The molecule has 0 aliphatic carbocycles. The van der Waals surface area contributed by atoms with Crippen molar-refractivity contribution < 1.29 is 14.7 Å². The number of nitrogens with zero attached hydrogens (tertiary/aromatic N) is 1. The standard InChI is InChI=1S/C16H15NO3S/c18-13-7-8-14(12-5-2-1-4-11(12)13)21-10-16(20)17-9-3-6-15(17)19/h1-2,4-5,7-8,18H,3,6,9-10H2. The van der Waals surface area contributed by atoms with Crippen LogP contribution in [-0.4, -0.2) is 34.1 Å². The van der Waals surface area contributed by atoms with Gasteiger partial charge in [-0.3, -0.25) is 14.5 Å². The Labute approximate surface area is 126 Å². The summed E-state index contributed by atoms with van der Waals surface area (Å²) in [5.41, 5.74) is 0. The van der Waals surface area contributed by atoms with Gasteiger partial charge in [0.05, 0.1) is 5.75 Å². The lowest BCUT2D eigenvalue weighted by atomic mass is 10.1. The van der Waals surface area contributed by atoms with Crippen molar-refractivity contribution in [2.24, 2.45) is 0 Å². The third-order valence-electron chi connectivity index (χ3n) is 3.59. The first-order valence-electron chi connectivity index (χ1n) is 6.83. The summed E-state index contributed by atoms with van der Waals surface area (Å²) in [6, 6.07) is 11.0. The summed E-state index contributed by atoms with van der Waals surface area (Å²) >= 11 is 1.40. The lowest BCUT2D eigenvalue weighted by molar-refractivity contribution is -0.140. The normalized spacial score (nSPS) is 14.9. The molecule has 5 heteroatoms. The number of likely N-dealkylation sites (tertiary alicyclic amines) is 1. The number of phenolic OH excluding ortho intramolecular Hbond substituents is 1. The van der Waals surface area contributed by atoms with Crippen LogP contribution in [0.2, 0.25) is 0 Å². The molecule has 0 radical (unpaired) electrons. The van der Waals surface area contributed by atoms with Crippen LogP contribution in [0.15, 0.2) is 41.3 Å². The van der Waals surface area contributed by atoms with E-state index in [0.29, 0.717) is 13.0 Å². The zero-order valence-corrected chi connectivity index (χ0v) is 12.2. The number of thioether (sulfide) groups is 1. The molecule has 0 bridgehead atoms. The van der Waals surface area contributed by atoms with Gasteiger partial charge in [-0.15, -0.1) is 11.8 Å². The Bertz CT molecular complexity index is 714. The molecule has 0 aromatic heterocycles. The summed E-state index contributed by atoms with van der Waals surface area (Å²) in [6.45, 7) is 0.536. The van der Waals surface area contributed by atoms with Crippen LogP contribution < -0.4 is 0 Å². The maximum atomic E-state index is 12.1. The van der Waals surface area contributed by atoms with Crippen molar-refractivity contribution in [2.75, 3.05) is 12.3 Å². The highest BCUT2D eigenvalue weighted by Crippen LogP contribution is 2.33. The molecule has 108 valence electrons. The molecule has 0 atom stereocenters. The summed E-state index contributed by atoms with van der Waals surface area (Å²) in [6.07, 6.45) is 1.23. The topological polar surface area (TPSA) is 57.6 Å². The van der Waals surface area contributed by atoms with E-state index in [0.717, 1.165) is 22.1 Å². The van der Waals surface area contributed by atoms with Crippen LogP contribution in [0.3, 0.4) is 0 Å². The van der Waals surface area contributed by atoms with Crippen molar-refractivity contribution in [3.63, 3.8) is 0 Å². The first-order valence-corrected chi connectivity index (χ1v) is 7.82. The van der Waals surface area contributed by atoms with E-state index in [4.69, 9.17) is 0 Å². The fourth-order valence-electron chi connectivity index (χ4n) is 2.51. The number of rotatable bonds is 3. The molecule has 3 rings (SSSR count). The fourth-order valence-corrected chi connectivity index (χ4v) is 3.44. The van der Waals surface area contributed by atoms with Gasteiger partial charge in [0.1, 0.15) is 5.75 Å². The Hall–Kier alpha value is -2.01. The predicted octanol–water partition coefficient (Wildman–Crippen LogP) is 2.79. The number of aromatic hydroxyl groups is 1. The third-order valence-corrected chi connectivity index (χ3v) is 4.64. The molecule has 0 spiro atoms. The van der Waals surface area contributed by atoms with E-state index in [1.54, 1.807) is 12.1 Å². The minimum Gasteiger partial charge on any atom is -0.507 e. The van der Waals surface area contributed by atoms with Crippen LogP contribution in [0.4, 0.5) is 0 Å². The van der Waals surface area contributed by atoms with Crippen LogP contribution in [0.1, 0.15) is 12.8 Å². The van der Waals surface area contributed by atoms with Crippen molar-refractivity contribution in [2.45, 2.75) is 17.7 Å². The van der Waals surface area contributed by atoms with E-state index in [1.807, 2.05) is 24.3 Å². The summed E-state index contributed by atoms with van der Waals surface area (Å²) < 4.78 is 0. The largest absolute Gasteiger partial charge is 0.507 e. The molecule has 4 nitrogen and oxygen atoms in total. The Morgan fingerprint density at radius 2 is 1.95 bits per heavy atom. The predicted molar refractivity (Wildman–Crippen MR) is 82.3 cm³/mol. The van der Waals surface area contributed by atoms with E-state index in [-0.39, 0.29) is 23.3 Å². The number of hydrogen-bond donors (Lipinski definition) is 1. The van der Waals surface area contributed by atoms with Gasteiger partial charge in [-0.05, 0) is 23.9 Å². The highest BCUT2D eigenvalue weighted by atomic mass is 32.2. The van der Waals surface area contributed by atoms with E-state index < -0.39 is 0 Å². The van der Waals surface area contributed by atoms with E-state index in [9.17, 15) is 14.7 Å². The quantitative estimate of drug-likeness (QED) is 0.886. The van der Waals surface area contributed by atoms with Gasteiger partial charge in [0, 0.05) is 23.2 Å². The molecule has 1 N–H and O–H groups in total. The molecule has 2 aromatic rings. The smallest absolute Gasteiger partial charge is 0.239 e. The second-order valence-electron chi connectivity index (χ2n) is 4.96. The molecule has 1 fully saturated rings. The lowest BCUT2D eigenvalue weighted by Crippen LogP contribution is -2.33. The zero-order chi connectivity index (χ0) is 14.8. The van der Waals surface area contributed by atoms with Crippen LogP contribution in [0.5, 0.6) is 5.75 Å². The van der Waals surface area contributed by atoms with Gasteiger partial charge in [0.25, 0.3) is 0 Å². The molecule has 21 heavy (non-hydrogen) atoms. The molecule has 2 aromatic carbocycles. The molecular formula is C16H15NO3S. The van der Waals surface area contributed by atoms with Gasteiger partial charge >= 0.3 is 0 Å². The van der Waals surface area contributed by atoms with Gasteiger partial charge in [-0.1, -0.05) is 24.3 Å². The van der Waals surface area contributed by atoms with E-state index in [1.165, 1.54) is 16.7 Å². The minimum atomic E-state index is -0.139. The molecule has 0 unspecified atom stereocenters. The molecule has 1 saturated heterocycles. The average molecular weight is 301 g/mol. The van der Waals surface area contributed by atoms with Crippen molar-refractivity contribution in [3.8, 4) is 5.75 Å². The van der Waals surface area contributed by atoms with Crippen molar-refractivity contribution in [3.05, 3.63) is 36.4 Å². The van der Waals surface area contributed by atoms with Gasteiger partial charge in [-0.25, -0.2) is 0 Å². The SMILES string of the molecule is O=C1CCCN1C(=O)CSc1ccc(O)c2ccccc12.